The summed E-state index contributed by atoms with van der Waals surface area (Å²) in [7, 11) is 1.36. The highest BCUT2D eigenvalue weighted by atomic mass is 16.6. The number of rotatable bonds is 8. The van der Waals surface area contributed by atoms with Crippen LogP contribution in [0.1, 0.15) is 6.42 Å². The number of nitro benzene ring substituents is 1. The number of carbonyl (C=O) groups excluding carboxylic acids is 1. The van der Waals surface area contributed by atoms with Crippen molar-refractivity contribution in [3.05, 3.63) is 62.9 Å². The van der Waals surface area contributed by atoms with Gasteiger partial charge in [-0.3, -0.25) is 14.9 Å². The van der Waals surface area contributed by atoms with Crippen LogP contribution in [-0.4, -0.2) is 41.4 Å². The van der Waals surface area contributed by atoms with Crippen LogP contribution in [-0.2, 0) is 0 Å². The van der Waals surface area contributed by atoms with Crippen LogP contribution >= 0.6 is 0 Å². The summed E-state index contributed by atoms with van der Waals surface area (Å²) >= 11 is 0. The first-order valence-electron chi connectivity index (χ1n) is 9.08. The first-order chi connectivity index (χ1) is 14.5. The minimum absolute atomic E-state index is 0.132. The van der Waals surface area contributed by atoms with E-state index in [9.17, 15) is 19.7 Å². The van der Waals surface area contributed by atoms with E-state index in [1.807, 2.05) is 12.1 Å². The SMILES string of the molecule is COc1cc([N+](=O)[O-])ccc1NC(=O)NCCCNc1n[nH]c(=O)c2ccccc12. The van der Waals surface area contributed by atoms with Gasteiger partial charge in [0.2, 0.25) is 0 Å². The van der Waals surface area contributed by atoms with Crippen molar-refractivity contribution in [3.8, 4) is 5.75 Å². The van der Waals surface area contributed by atoms with Gasteiger partial charge >= 0.3 is 6.03 Å². The van der Waals surface area contributed by atoms with Gasteiger partial charge in [-0.15, -0.1) is 0 Å². The summed E-state index contributed by atoms with van der Waals surface area (Å²) < 4.78 is 5.08. The average molecular weight is 412 g/mol. The Morgan fingerprint density at radius 1 is 1.20 bits per heavy atom. The summed E-state index contributed by atoms with van der Waals surface area (Å²) in [6.07, 6.45) is 0.597. The molecule has 0 saturated carbocycles. The first kappa shape index (κ1) is 20.6. The minimum Gasteiger partial charge on any atom is -0.494 e. The number of amides is 2. The number of nitrogens with one attached hydrogen (secondary N) is 4. The Bertz CT molecular complexity index is 1130. The number of hydrogen-bond acceptors (Lipinski definition) is 7. The molecule has 30 heavy (non-hydrogen) atoms. The number of H-pyrrole nitrogens is 1. The van der Waals surface area contributed by atoms with Crippen molar-refractivity contribution in [1.82, 2.24) is 15.5 Å². The van der Waals surface area contributed by atoms with Gasteiger partial charge in [0.15, 0.2) is 5.82 Å². The Morgan fingerprint density at radius 3 is 2.70 bits per heavy atom. The van der Waals surface area contributed by atoms with E-state index in [1.165, 1.54) is 25.3 Å². The normalized spacial score (nSPS) is 10.4. The fourth-order valence-corrected chi connectivity index (χ4v) is 2.81. The number of methoxy groups -OCH3 is 1. The fraction of sp³-hybridized carbons (Fsp3) is 0.211. The number of nitro groups is 1. The van der Waals surface area contributed by atoms with Gasteiger partial charge in [0, 0.05) is 24.5 Å². The first-order valence-corrected chi connectivity index (χ1v) is 9.08. The quantitative estimate of drug-likeness (QED) is 0.252. The van der Waals surface area contributed by atoms with Gasteiger partial charge in [-0.25, -0.2) is 9.89 Å². The molecule has 0 aliphatic rings. The van der Waals surface area contributed by atoms with E-state index < -0.39 is 11.0 Å². The molecule has 1 heterocycles. The molecular formula is C19H20N6O5. The van der Waals surface area contributed by atoms with Gasteiger partial charge in [0.1, 0.15) is 5.75 Å². The molecule has 1 aromatic heterocycles. The van der Waals surface area contributed by atoms with Crippen LogP contribution in [0.5, 0.6) is 5.75 Å². The molecule has 3 rings (SSSR count). The molecule has 0 fully saturated rings. The summed E-state index contributed by atoms with van der Waals surface area (Å²) in [5.41, 5.74) is -0.0638. The number of carbonyl (C=O) groups is 1. The molecule has 2 amide bonds. The van der Waals surface area contributed by atoms with E-state index in [0.29, 0.717) is 36.4 Å². The lowest BCUT2D eigenvalue weighted by molar-refractivity contribution is -0.384. The third kappa shape index (κ3) is 4.82. The molecule has 0 aliphatic heterocycles. The third-order valence-electron chi connectivity index (χ3n) is 4.27. The second-order valence-electron chi connectivity index (χ2n) is 6.25. The number of urea groups is 1. The zero-order valence-corrected chi connectivity index (χ0v) is 16.1. The maximum atomic E-state index is 12.1. The van der Waals surface area contributed by atoms with E-state index in [1.54, 1.807) is 12.1 Å². The van der Waals surface area contributed by atoms with E-state index in [2.05, 4.69) is 26.1 Å². The van der Waals surface area contributed by atoms with Crippen molar-refractivity contribution < 1.29 is 14.5 Å². The van der Waals surface area contributed by atoms with Gasteiger partial charge in [-0.1, -0.05) is 18.2 Å². The second kappa shape index (κ2) is 9.37. The zero-order chi connectivity index (χ0) is 21.5. The van der Waals surface area contributed by atoms with E-state index in [0.717, 1.165) is 5.39 Å². The number of benzene rings is 2. The predicted molar refractivity (Wildman–Crippen MR) is 112 cm³/mol. The number of ether oxygens (including phenoxy) is 1. The summed E-state index contributed by atoms with van der Waals surface area (Å²) in [5, 5.41) is 27.0. The lowest BCUT2D eigenvalue weighted by Gasteiger charge is -2.11. The second-order valence-corrected chi connectivity index (χ2v) is 6.25. The topological polar surface area (TPSA) is 151 Å². The largest absolute Gasteiger partial charge is 0.494 e. The number of nitrogens with zero attached hydrogens (tertiary/aromatic N) is 2. The van der Waals surface area contributed by atoms with Crippen LogP contribution in [0, 0.1) is 10.1 Å². The van der Waals surface area contributed by atoms with Crippen LogP contribution in [0.2, 0.25) is 0 Å². The van der Waals surface area contributed by atoms with Crippen molar-refractivity contribution in [2.24, 2.45) is 0 Å². The Morgan fingerprint density at radius 2 is 1.97 bits per heavy atom. The van der Waals surface area contributed by atoms with Crippen molar-refractivity contribution in [1.29, 1.82) is 0 Å². The van der Waals surface area contributed by atoms with Crippen molar-refractivity contribution in [3.63, 3.8) is 0 Å². The fourth-order valence-electron chi connectivity index (χ4n) is 2.81. The monoisotopic (exact) mass is 412 g/mol. The summed E-state index contributed by atoms with van der Waals surface area (Å²) in [5.74, 6) is 0.752. The number of non-ortho nitro benzene ring substituents is 1. The molecular weight excluding hydrogens is 392 g/mol. The number of aromatic amines is 1. The molecule has 2 aromatic carbocycles. The molecule has 0 saturated heterocycles. The molecule has 0 radical (unpaired) electrons. The highest BCUT2D eigenvalue weighted by Crippen LogP contribution is 2.28. The maximum Gasteiger partial charge on any atom is 0.319 e. The molecule has 0 spiro atoms. The average Bonchev–Trinajstić information content (AvgIpc) is 2.75. The number of hydrogen-bond donors (Lipinski definition) is 4. The molecule has 3 aromatic rings. The van der Waals surface area contributed by atoms with Gasteiger partial charge < -0.3 is 20.7 Å². The van der Waals surface area contributed by atoms with E-state index in [4.69, 9.17) is 4.74 Å². The lowest BCUT2D eigenvalue weighted by atomic mass is 10.2. The third-order valence-corrected chi connectivity index (χ3v) is 4.27. The molecule has 11 nitrogen and oxygen atoms in total. The zero-order valence-electron chi connectivity index (χ0n) is 16.1. The molecule has 0 aliphatic carbocycles. The predicted octanol–water partition coefficient (Wildman–Crippen LogP) is 2.46. The maximum absolute atomic E-state index is 12.1. The molecule has 0 unspecified atom stereocenters. The highest BCUT2D eigenvalue weighted by molar-refractivity contribution is 5.91. The minimum atomic E-state index is -0.542. The Balaban J connectivity index is 1.49. The highest BCUT2D eigenvalue weighted by Gasteiger charge is 2.13. The number of aromatic nitrogens is 2. The molecule has 11 heteroatoms. The van der Waals surface area contributed by atoms with E-state index >= 15 is 0 Å². The van der Waals surface area contributed by atoms with Gasteiger partial charge in [-0.05, 0) is 18.6 Å². The Kier molecular flexibility index (Phi) is 6.42. The molecule has 0 bridgehead atoms. The number of fused-ring (bicyclic) bond motifs is 1. The van der Waals surface area contributed by atoms with Crippen molar-refractivity contribution in [2.45, 2.75) is 6.42 Å². The summed E-state index contributed by atoms with van der Waals surface area (Å²) in [4.78, 5) is 34.1. The summed E-state index contributed by atoms with van der Waals surface area (Å²) in [6, 6.07) is 10.6. The van der Waals surface area contributed by atoms with Crippen LogP contribution in [0.3, 0.4) is 0 Å². The summed E-state index contributed by atoms with van der Waals surface area (Å²) in [6.45, 7) is 0.888. The molecule has 4 N–H and O–H groups in total. The van der Waals surface area contributed by atoms with Crippen LogP contribution in [0.15, 0.2) is 47.3 Å². The van der Waals surface area contributed by atoms with Gasteiger partial charge in [-0.2, -0.15) is 5.10 Å². The van der Waals surface area contributed by atoms with E-state index in [-0.39, 0.29) is 17.0 Å². The van der Waals surface area contributed by atoms with Crippen molar-refractivity contribution in [2.75, 3.05) is 30.8 Å². The Hall–Kier alpha value is -4.15. The van der Waals surface area contributed by atoms with Crippen LogP contribution in [0.4, 0.5) is 22.0 Å². The number of anilines is 2. The lowest BCUT2D eigenvalue weighted by Crippen LogP contribution is -2.30. The Labute approximate surface area is 170 Å². The van der Waals surface area contributed by atoms with Crippen molar-refractivity contribution >= 4 is 34.0 Å². The van der Waals surface area contributed by atoms with Gasteiger partial charge in [0.25, 0.3) is 11.2 Å². The molecule has 0 atom stereocenters. The molecule has 156 valence electrons. The van der Waals surface area contributed by atoms with Crippen LogP contribution < -0.4 is 26.2 Å². The smallest absolute Gasteiger partial charge is 0.319 e. The van der Waals surface area contributed by atoms with Crippen LogP contribution in [0.25, 0.3) is 10.8 Å². The standard InChI is InChI=1S/C19H20N6O5/c1-30-16-11-12(25(28)29)7-8-15(16)22-19(27)21-10-4-9-20-17-13-5-2-3-6-14(13)18(26)24-23-17/h2-3,5-8,11H,4,9-10H2,1H3,(H,20,23)(H,24,26)(H2,21,22,27). The van der Waals surface area contributed by atoms with Gasteiger partial charge in [0.05, 0.1) is 29.2 Å².